The molecule has 7 heteroatoms. The number of amides is 1. The second kappa shape index (κ2) is 10.2. The van der Waals surface area contributed by atoms with E-state index in [4.69, 9.17) is 21.1 Å². The van der Waals surface area contributed by atoms with Gasteiger partial charge in [-0.05, 0) is 55.0 Å². The van der Waals surface area contributed by atoms with E-state index in [0.717, 1.165) is 22.6 Å². The molecule has 33 heavy (non-hydrogen) atoms. The van der Waals surface area contributed by atoms with E-state index in [1.165, 1.54) is 0 Å². The number of methoxy groups -OCH3 is 1. The van der Waals surface area contributed by atoms with Crippen LogP contribution in [0.1, 0.15) is 27.2 Å². The zero-order chi connectivity index (χ0) is 23.2. The molecule has 1 N–H and O–H groups in total. The Morgan fingerprint density at radius 3 is 2.52 bits per heavy atom. The molecule has 1 aromatic heterocycles. The lowest BCUT2D eigenvalue weighted by Crippen LogP contribution is -2.13. The van der Waals surface area contributed by atoms with Crippen LogP contribution in [0.5, 0.6) is 11.5 Å². The highest BCUT2D eigenvalue weighted by Crippen LogP contribution is 2.26. The number of rotatable bonds is 8. The van der Waals surface area contributed by atoms with Gasteiger partial charge >= 0.3 is 0 Å². The monoisotopic (exact) mass is 461 g/mol. The first-order valence-electron chi connectivity index (χ1n) is 10.5. The van der Waals surface area contributed by atoms with Crippen LogP contribution in [0.2, 0.25) is 5.02 Å². The highest BCUT2D eigenvalue weighted by atomic mass is 35.5. The zero-order valence-electron chi connectivity index (χ0n) is 18.4. The minimum Gasteiger partial charge on any atom is -0.497 e. The van der Waals surface area contributed by atoms with Crippen LogP contribution in [0.4, 0.5) is 5.82 Å². The average Bonchev–Trinajstić information content (AvgIpc) is 3.17. The molecular formula is C26H24ClN3O3. The Kier molecular flexibility index (Phi) is 6.95. The van der Waals surface area contributed by atoms with Gasteiger partial charge in [0.05, 0.1) is 13.7 Å². The molecule has 0 fully saturated rings. The minimum absolute atomic E-state index is 0.239. The number of carbonyl (C=O) groups is 1. The van der Waals surface area contributed by atoms with E-state index in [9.17, 15) is 4.79 Å². The van der Waals surface area contributed by atoms with Crippen molar-refractivity contribution in [1.29, 1.82) is 0 Å². The Bertz CT molecular complexity index is 1240. The van der Waals surface area contributed by atoms with Crippen LogP contribution in [-0.4, -0.2) is 22.8 Å². The van der Waals surface area contributed by atoms with Gasteiger partial charge in [-0.15, -0.1) is 0 Å². The first-order chi connectivity index (χ1) is 16.0. The van der Waals surface area contributed by atoms with E-state index >= 15 is 0 Å². The molecule has 0 saturated carbocycles. The van der Waals surface area contributed by atoms with E-state index in [1.54, 1.807) is 31.4 Å². The van der Waals surface area contributed by atoms with Crippen LogP contribution in [0, 0.1) is 6.92 Å². The van der Waals surface area contributed by atoms with Gasteiger partial charge in [-0.3, -0.25) is 9.48 Å². The van der Waals surface area contributed by atoms with Gasteiger partial charge in [-0.2, -0.15) is 5.10 Å². The molecule has 0 aliphatic heterocycles. The summed E-state index contributed by atoms with van der Waals surface area (Å²) < 4.78 is 13.0. The van der Waals surface area contributed by atoms with Crippen molar-refractivity contribution in [2.75, 3.05) is 12.4 Å². The summed E-state index contributed by atoms with van der Waals surface area (Å²) in [5.41, 5.74) is 3.40. The molecule has 0 saturated heterocycles. The van der Waals surface area contributed by atoms with Crippen molar-refractivity contribution >= 4 is 23.3 Å². The third-order valence-electron chi connectivity index (χ3n) is 5.15. The molecule has 0 aliphatic carbocycles. The normalized spacial score (nSPS) is 10.6. The Hall–Kier alpha value is -3.77. The fourth-order valence-corrected chi connectivity index (χ4v) is 3.57. The van der Waals surface area contributed by atoms with Gasteiger partial charge in [0.2, 0.25) is 0 Å². The Labute approximate surface area is 197 Å². The summed E-state index contributed by atoms with van der Waals surface area (Å²) >= 11 is 6.25. The van der Waals surface area contributed by atoms with E-state index in [0.29, 0.717) is 35.3 Å². The van der Waals surface area contributed by atoms with E-state index in [1.807, 2.05) is 66.2 Å². The molecule has 0 spiro atoms. The Morgan fingerprint density at radius 1 is 1.03 bits per heavy atom. The highest BCUT2D eigenvalue weighted by molar-refractivity contribution is 6.30. The quantitative estimate of drug-likeness (QED) is 0.363. The Morgan fingerprint density at radius 2 is 1.79 bits per heavy atom. The van der Waals surface area contributed by atoms with Gasteiger partial charge in [0.1, 0.15) is 18.1 Å². The van der Waals surface area contributed by atoms with Gasteiger partial charge in [-0.25, -0.2) is 0 Å². The molecule has 0 bridgehead atoms. The molecule has 6 nitrogen and oxygen atoms in total. The molecule has 0 radical (unpaired) electrons. The van der Waals surface area contributed by atoms with Gasteiger partial charge < -0.3 is 14.8 Å². The minimum atomic E-state index is -0.239. The number of hydrogen-bond acceptors (Lipinski definition) is 4. The van der Waals surface area contributed by atoms with Crippen LogP contribution in [0.3, 0.4) is 0 Å². The smallest absolute Gasteiger partial charge is 0.256 e. The molecule has 0 unspecified atom stereocenters. The summed E-state index contributed by atoms with van der Waals surface area (Å²) in [5, 5.41) is 8.02. The number of nitrogens with zero attached hydrogens (tertiary/aromatic N) is 2. The van der Waals surface area contributed by atoms with Crippen LogP contribution in [-0.2, 0) is 13.2 Å². The average molecular weight is 462 g/mol. The number of ether oxygens (including phenoxy) is 2. The Balaban J connectivity index is 1.48. The maximum atomic E-state index is 12.6. The number of aromatic nitrogens is 2. The summed E-state index contributed by atoms with van der Waals surface area (Å²) in [6.45, 7) is 2.84. The first kappa shape index (κ1) is 22.4. The summed E-state index contributed by atoms with van der Waals surface area (Å²) in [6, 6.07) is 24.3. The van der Waals surface area contributed by atoms with Crippen LogP contribution >= 0.6 is 11.6 Å². The summed E-state index contributed by atoms with van der Waals surface area (Å²) in [5.74, 6) is 1.67. The fraction of sp³-hybridized carbons (Fsp3) is 0.154. The number of aryl methyl sites for hydroxylation is 1. The molecule has 0 atom stereocenters. The van der Waals surface area contributed by atoms with E-state index in [-0.39, 0.29) is 5.91 Å². The molecule has 3 aromatic carbocycles. The first-order valence-corrected chi connectivity index (χ1v) is 10.8. The van der Waals surface area contributed by atoms with Gasteiger partial charge in [-0.1, -0.05) is 41.9 Å². The van der Waals surface area contributed by atoms with E-state index in [2.05, 4.69) is 10.4 Å². The number of halogens is 1. The fourth-order valence-electron chi connectivity index (χ4n) is 3.37. The van der Waals surface area contributed by atoms with Gasteiger partial charge in [0.15, 0.2) is 5.82 Å². The number of hydrogen-bond donors (Lipinski definition) is 1. The van der Waals surface area contributed by atoms with E-state index < -0.39 is 0 Å². The molecule has 4 rings (SSSR count). The molecule has 0 aliphatic rings. The maximum absolute atomic E-state index is 12.6. The molecule has 4 aromatic rings. The summed E-state index contributed by atoms with van der Waals surface area (Å²) in [7, 11) is 1.59. The predicted molar refractivity (Wildman–Crippen MR) is 129 cm³/mol. The molecular weight excluding hydrogens is 438 g/mol. The molecule has 168 valence electrons. The lowest BCUT2D eigenvalue weighted by Gasteiger charge is -2.13. The summed E-state index contributed by atoms with van der Waals surface area (Å²) in [4.78, 5) is 12.6. The number of nitrogens with one attached hydrogen (secondary N) is 1. The van der Waals surface area contributed by atoms with Gasteiger partial charge in [0, 0.05) is 27.9 Å². The molecule has 1 amide bonds. The zero-order valence-corrected chi connectivity index (χ0v) is 19.2. The van der Waals surface area contributed by atoms with Crippen molar-refractivity contribution in [2.45, 2.75) is 20.1 Å². The third-order valence-corrected chi connectivity index (χ3v) is 5.39. The van der Waals surface area contributed by atoms with Crippen molar-refractivity contribution in [3.8, 4) is 11.5 Å². The molecule has 1 heterocycles. The summed E-state index contributed by atoms with van der Waals surface area (Å²) in [6.07, 6.45) is 0. The second-order valence-electron chi connectivity index (χ2n) is 7.54. The lowest BCUT2D eigenvalue weighted by molar-refractivity contribution is 0.102. The SMILES string of the molecule is COc1ccc(C(=O)Nc2cc(C)n(Cc3cc(Cl)ccc3OCc3ccccc3)n2)cc1. The second-order valence-corrected chi connectivity index (χ2v) is 7.97. The van der Waals surface area contributed by atoms with Crippen LogP contribution < -0.4 is 14.8 Å². The highest BCUT2D eigenvalue weighted by Gasteiger charge is 2.13. The number of benzene rings is 3. The van der Waals surface area contributed by atoms with Crippen molar-refractivity contribution in [3.05, 3.63) is 106 Å². The van der Waals surface area contributed by atoms with Crippen LogP contribution in [0.15, 0.2) is 78.9 Å². The number of anilines is 1. The maximum Gasteiger partial charge on any atom is 0.256 e. The van der Waals surface area contributed by atoms with Crippen LogP contribution in [0.25, 0.3) is 0 Å². The lowest BCUT2D eigenvalue weighted by atomic mass is 10.2. The topological polar surface area (TPSA) is 65.4 Å². The number of carbonyl (C=O) groups excluding carboxylic acids is 1. The standard InChI is InChI=1S/C26H24ClN3O3/c1-18-14-25(28-26(31)20-8-11-23(32-2)12-9-20)29-30(18)16-21-15-22(27)10-13-24(21)33-17-19-6-4-3-5-7-19/h3-15H,16-17H2,1-2H3,(H,28,29,31). The van der Waals surface area contributed by atoms with Crippen molar-refractivity contribution in [1.82, 2.24) is 9.78 Å². The van der Waals surface area contributed by atoms with Gasteiger partial charge in [0.25, 0.3) is 5.91 Å². The van der Waals surface area contributed by atoms with Crippen molar-refractivity contribution in [2.24, 2.45) is 0 Å². The predicted octanol–water partition coefficient (Wildman–Crippen LogP) is 5.73. The largest absolute Gasteiger partial charge is 0.497 e. The third kappa shape index (κ3) is 5.73. The van der Waals surface area contributed by atoms with Crippen molar-refractivity contribution < 1.29 is 14.3 Å². The van der Waals surface area contributed by atoms with Crippen molar-refractivity contribution in [3.63, 3.8) is 0 Å².